The molecule has 2 N–H and O–H groups in total. The summed E-state index contributed by atoms with van der Waals surface area (Å²) >= 11 is 5.30. The van der Waals surface area contributed by atoms with E-state index in [1.807, 2.05) is 6.07 Å². The van der Waals surface area contributed by atoms with Gasteiger partial charge in [-0.15, -0.1) is 11.3 Å². The first-order chi connectivity index (χ1) is 9.72. The summed E-state index contributed by atoms with van der Waals surface area (Å²) in [6.45, 7) is 0.979. The summed E-state index contributed by atoms with van der Waals surface area (Å²) in [6, 6.07) is 10.5. The van der Waals surface area contributed by atoms with Crippen molar-refractivity contribution in [1.29, 1.82) is 0 Å². The van der Waals surface area contributed by atoms with Crippen LogP contribution in [0.2, 0.25) is 0 Å². The van der Waals surface area contributed by atoms with E-state index in [0.717, 1.165) is 25.8 Å². The van der Waals surface area contributed by atoms with Crippen molar-refractivity contribution in [1.82, 2.24) is 5.32 Å². The van der Waals surface area contributed by atoms with Crippen LogP contribution in [-0.4, -0.2) is 11.7 Å². The van der Waals surface area contributed by atoms with Crippen LogP contribution in [0.1, 0.15) is 34.9 Å². The molecule has 1 aromatic carbocycles. The Balaban J connectivity index is 1.63. The summed E-state index contributed by atoms with van der Waals surface area (Å²) in [5.41, 5.74) is 2.66. The second kappa shape index (κ2) is 6.29. The Morgan fingerprint density at radius 1 is 1.30 bits per heavy atom. The van der Waals surface area contributed by atoms with Crippen molar-refractivity contribution in [2.24, 2.45) is 0 Å². The molecule has 20 heavy (non-hydrogen) atoms. The zero-order valence-electron chi connectivity index (χ0n) is 11.2. The molecule has 0 radical (unpaired) electrons. The summed E-state index contributed by atoms with van der Waals surface area (Å²) in [6.07, 6.45) is 4.57. The van der Waals surface area contributed by atoms with Crippen molar-refractivity contribution in [2.45, 2.75) is 31.7 Å². The second-order valence-electron chi connectivity index (χ2n) is 5.24. The van der Waals surface area contributed by atoms with E-state index in [1.165, 1.54) is 26.2 Å². The number of hydrogen-bond donors (Lipinski definition) is 2. The first-order valence-corrected chi connectivity index (χ1v) is 8.63. The minimum absolute atomic E-state index is 0.375. The minimum atomic E-state index is 0.375. The smallest absolute Gasteiger partial charge is 0.115 e. The van der Waals surface area contributed by atoms with Gasteiger partial charge in [0.15, 0.2) is 0 Å². The average molecular weight is 352 g/mol. The lowest BCUT2D eigenvalue weighted by Crippen LogP contribution is -2.26. The number of phenols is 1. The van der Waals surface area contributed by atoms with Crippen LogP contribution in [-0.2, 0) is 12.8 Å². The van der Waals surface area contributed by atoms with Gasteiger partial charge >= 0.3 is 0 Å². The van der Waals surface area contributed by atoms with Gasteiger partial charge in [0.05, 0.1) is 3.79 Å². The number of thiophene rings is 1. The lowest BCUT2D eigenvalue weighted by atomic mass is 9.87. The van der Waals surface area contributed by atoms with Gasteiger partial charge in [0.25, 0.3) is 0 Å². The number of halogens is 1. The largest absolute Gasteiger partial charge is 0.508 e. The molecule has 4 heteroatoms. The normalized spacial score (nSPS) is 17.9. The summed E-state index contributed by atoms with van der Waals surface area (Å²) < 4.78 is 1.19. The van der Waals surface area contributed by atoms with Crippen molar-refractivity contribution in [3.63, 3.8) is 0 Å². The number of fused-ring (bicyclic) bond motifs is 1. The third-order valence-electron chi connectivity index (χ3n) is 3.83. The third-order valence-corrected chi connectivity index (χ3v) is 5.52. The molecule has 2 nitrogen and oxygen atoms in total. The van der Waals surface area contributed by atoms with Crippen molar-refractivity contribution >= 4 is 27.3 Å². The maximum absolute atomic E-state index is 9.68. The highest BCUT2D eigenvalue weighted by Gasteiger charge is 2.19. The van der Waals surface area contributed by atoms with Gasteiger partial charge in [-0.05, 0) is 77.0 Å². The van der Waals surface area contributed by atoms with E-state index in [0.29, 0.717) is 11.8 Å². The van der Waals surface area contributed by atoms with Crippen LogP contribution in [0.25, 0.3) is 0 Å². The minimum Gasteiger partial charge on any atom is -0.508 e. The number of rotatable bonds is 4. The quantitative estimate of drug-likeness (QED) is 0.853. The average Bonchev–Trinajstić information content (AvgIpc) is 2.85. The Hall–Kier alpha value is -0.840. The number of aromatic hydroxyl groups is 1. The first-order valence-electron chi connectivity index (χ1n) is 7.02. The van der Waals surface area contributed by atoms with Gasteiger partial charge in [0, 0.05) is 17.5 Å². The molecule has 1 atom stereocenters. The SMILES string of the molecule is Oc1ccc2c(c1)C(NCCc1ccc(Br)s1)CCC2. The van der Waals surface area contributed by atoms with E-state index in [-0.39, 0.29) is 0 Å². The van der Waals surface area contributed by atoms with E-state index in [2.05, 4.69) is 39.4 Å². The molecular formula is C16H18BrNOS. The van der Waals surface area contributed by atoms with Crippen LogP contribution < -0.4 is 5.32 Å². The van der Waals surface area contributed by atoms with Crippen molar-refractivity contribution < 1.29 is 5.11 Å². The maximum Gasteiger partial charge on any atom is 0.115 e. The number of nitrogens with one attached hydrogen (secondary N) is 1. The molecule has 0 saturated carbocycles. The number of phenolic OH excluding ortho intramolecular Hbond substituents is 1. The number of aryl methyl sites for hydroxylation is 1. The summed E-state index contributed by atoms with van der Waals surface area (Å²) in [7, 11) is 0. The lowest BCUT2D eigenvalue weighted by molar-refractivity contribution is 0.448. The van der Waals surface area contributed by atoms with Crippen LogP contribution in [0.4, 0.5) is 0 Å². The highest BCUT2D eigenvalue weighted by atomic mass is 79.9. The fraction of sp³-hybridized carbons (Fsp3) is 0.375. The topological polar surface area (TPSA) is 32.3 Å². The molecule has 1 unspecified atom stereocenters. The Kier molecular flexibility index (Phi) is 4.44. The molecular weight excluding hydrogens is 334 g/mol. The number of benzene rings is 1. The Morgan fingerprint density at radius 3 is 3.00 bits per heavy atom. The predicted octanol–water partition coefficient (Wildman–Crippen LogP) is 4.43. The third kappa shape index (κ3) is 3.25. The molecule has 106 valence electrons. The van der Waals surface area contributed by atoms with Crippen LogP contribution in [0.5, 0.6) is 5.75 Å². The first kappa shape index (κ1) is 14.1. The molecule has 1 aliphatic rings. The molecule has 1 heterocycles. The van der Waals surface area contributed by atoms with Gasteiger partial charge in [-0.2, -0.15) is 0 Å². The molecule has 2 aromatic rings. The molecule has 0 fully saturated rings. The van der Waals surface area contributed by atoms with Crippen LogP contribution in [0.3, 0.4) is 0 Å². The van der Waals surface area contributed by atoms with Gasteiger partial charge in [0.2, 0.25) is 0 Å². The van der Waals surface area contributed by atoms with Gasteiger partial charge in [-0.1, -0.05) is 6.07 Å². The Labute approximate surface area is 132 Å². The molecule has 1 aromatic heterocycles. The molecule has 0 bridgehead atoms. The van der Waals surface area contributed by atoms with E-state index >= 15 is 0 Å². The monoisotopic (exact) mass is 351 g/mol. The van der Waals surface area contributed by atoms with Crippen molar-refractivity contribution in [3.8, 4) is 5.75 Å². The summed E-state index contributed by atoms with van der Waals surface area (Å²) in [5.74, 6) is 0.375. The van der Waals surface area contributed by atoms with Gasteiger partial charge in [0.1, 0.15) is 5.75 Å². The van der Waals surface area contributed by atoms with E-state index < -0.39 is 0 Å². The van der Waals surface area contributed by atoms with Crippen LogP contribution >= 0.6 is 27.3 Å². The maximum atomic E-state index is 9.68. The fourth-order valence-corrected chi connectivity index (χ4v) is 4.34. The van der Waals surface area contributed by atoms with Crippen LogP contribution in [0, 0.1) is 0 Å². The molecule has 3 rings (SSSR count). The fourth-order valence-electron chi connectivity index (χ4n) is 2.85. The van der Waals surface area contributed by atoms with E-state index in [9.17, 15) is 5.11 Å². The highest BCUT2D eigenvalue weighted by molar-refractivity contribution is 9.11. The van der Waals surface area contributed by atoms with E-state index in [4.69, 9.17) is 0 Å². The zero-order valence-corrected chi connectivity index (χ0v) is 13.6. The molecule has 0 amide bonds. The molecule has 0 spiro atoms. The summed E-state index contributed by atoms with van der Waals surface area (Å²) in [4.78, 5) is 1.40. The Bertz CT molecular complexity index is 596. The second-order valence-corrected chi connectivity index (χ2v) is 7.79. The predicted molar refractivity (Wildman–Crippen MR) is 87.5 cm³/mol. The lowest BCUT2D eigenvalue weighted by Gasteiger charge is -2.26. The standard InChI is InChI=1S/C16H18BrNOS/c17-16-7-6-13(20-16)8-9-18-15-3-1-2-11-4-5-12(19)10-14(11)15/h4-7,10,15,18-19H,1-3,8-9H2. The molecule has 0 saturated heterocycles. The Morgan fingerprint density at radius 2 is 2.20 bits per heavy atom. The highest BCUT2D eigenvalue weighted by Crippen LogP contribution is 2.32. The van der Waals surface area contributed by atoms with Crippen molar-refractivity contribution in [3.05, 3.63) is 50.1 Å². The zero-order chi connectivity index (χ0) is 13.9. The number of hydrogen-bond acceptors (Lipinski definition) is 3. The van der Waals surface area contributed by atoms with Gasteiger partial charge < -0.3 is 10.4 Å². The molecule has 1 aliphatic carbocycles. The van der Waals surface area contributed by atoms with Gasteiger partial charge in [-0.3, -0.25) is 0 Å². The van der Waals surface area contributed by atoms with Crippen LogP contribution in [0.15, 0.2) is 34.1 Å². The van der Waals surface area contributed by atoms with E-state index in [1.54, 1.807) is 17.4 Å². The van der Waals surface area contributed by atoms with Crippen molar-refractivity contribution in [2.75, 3.05) is 6.54 Å². The van der Waals surface area contributed by atoms with Gasteiger partial charge in [-0.25, -0.2) is 0 Å². The molecule has 0 aliphatic heterocycles. The summed E-state index contributed by atoms with van der Waals surface area (Å²) in [5, 5.41) is 13.3.